The standard InChI is InChI=1S/C15H29NO7P2.4Na/c1-12(2)6-4-7-13(3)8-5-9-14(17)16-11-10-15(24(18,19)20)25(21,22)23;;;;/h6,8,15H,4-5,7,9-11H2,1-3H3,(H,16,17)(H2,18,19,20)(H2,21,22,23);;;;/q;4*+1/p-4/b13-8-;;;;. The van der Waals surface area contributed by atoms with Gasteiger partial charge in [0.25, 0.3) is 0 Å². The molecule has 0 atom stereocenters. The molecule has 1 amide bonds. The maximum atomic E-state index is 11.6. The molecule has 0 bridgehead atoms. The molecule has 0 saturated carbocycles. The van der Waals surface area contributed by atoms with Gasteiger partial charge >= 0.3 is 118 Å². The second-order valence-electron chi connectivity index (χ2n) is 6.11. The third-order valence-electron chi connectivity index (χ3n) is 3.41. The summed E-state index contributed by atoms with van der Waals surface area (Å²) in [5, 5.41) is -0.216. The Labute approximate surface area is 262 Å². The molecule has 0 aromatic carbocycles. The first-order valence-electron chi connectivity index (χ1n) is 7.93. The van der Waals surface area contributed by atoms with Gasteiger partial charge in [0.15, 0.2) is 0 Å². The van der Waals surface area contributed by atoms with E-state index in [-0.39, 0.29) is 131 Å². The van der Waals surface area contributed by atoms with Crippen molar-refractivity contribution in [3.05, 3.63) is 23.3 Å². The van der Waals surface area contributed by atoms with Crippen molar-refractivity contribution in [2.45, 2.75) is 58.3 Å². The number of carbonyl (C=O) groups is 1. The third kappa shape index (κ3) is 24.2. The van der Waals surface area contributed by atoms with Gasteiger partial charge < -0.3 is 34.0 Å². The molecule has 29 heavy (non-hydrogen) atoms. The number of nitrogens with one attached hydrogen (secondary N) is 1. The van der Waals surface area contributed by atoms with Gasteiger partial charge in [-0.1, -0.05) is 38.5 Å². The number of amides is 1. The molecule has 0 rings (SSSR count). The number of allylic oxidation sites excluding steroid dienone is 4. The zero-order valence-electron chi connectivity index (χ0n) is 18.7. The van der Waals surface area contributed by atoms with Crippen molar-refractivity contribution in [1.29, 1.82) is 0 Å². The van der Waals surface area contributed by atoms with E-state index in [0.29, 0.717) is 6.42 Å². The van der Waals surface area contributed by atoms with Crippen LogP contribution in [0.15, 0.2) is 23.3 Å². The zero-order valence-corrected chi connectivity index (χ0v) is 28.5. The Morgan fingerprint density at radius 1 is 0.862 bits per heavy atom. The summed E-state index contributed by atoms with van der Waals surface area (Å²) in [5.41, 5.74) is 2.38. The summed E-state index contributed by atoms with van der Waals surface area (Å²) >= 11 is 0. The van der Waals surface area contributed by atoms with E-state index < -0.39 is 32.9 Å². The molecule has 0 radical (unpaired) electrons. The van der Waals surface area contributed by atoms with E-state index in [1.807, 2.05) is 26.8 Å². The van der Waals surface area contributed by atoms with Crippen molar-refractivity contribution in [2.75, 3.05) is 6.54 Å². The normalized spacial score (nSPS) is 11.2. The van der Waals surface area contributed by atoms with Crippen molar-refractivity contribution < 1.29 is 152 Å². The Balaban J connectivity index is -0.000000480. The first-order chi connectivity index (χ1) is 11.3. The van der Waals surface area contributed by atoms with Gasteiger partial charge in [0.2, 0.25) is 5.91 Å². The molecular weight excluding hydrogens is 460 g/mol. The van der Waals surface area contributed by atoms with E-state index in [1.54, 1.807) is 0 Å². The van der Waals surface area contributed by atoms with Crippen LogP contribution < -0.4 is 143 Å². The van der Waals surface area contributed by atoms with Crippen LogP contribution in [-0.2, 0) is 13.9 Å². The fourth-order valence-corrected chi connectivity index (χ4v) is 4.34. The van der Waals surface area contributed by atoms with Crippen LogP contribution in [0, 0.1) is 0 Å². The summed E-state index contributed by atoms with van der Waals surface area (Å²) in [5.74, 6) is -0.412. The maximum Gasteiger partial charge on any atom is 1.00 e. The Hall–Kier alpha value is 3.25. The minimum Gasteiger partial charge on any atom is -0.810 e. The molecule has 0 aliphatic rings. The summed E-state index contributed by atoms with van der Waals surface area (Å²) in [6.07, 6.45) is 5.75. The van der Waals surface area contributed by atoms with E-state index >= 15 is 0 Å². The molecule has 0 unspecified atom stereocenters. The molecule has 0 aromatic heterocycles. The number of hydrogen-bond acceptors (Lipinski definition) is 7. The van der Waals surface area contributed by atoms with Crippen molar-refractivity contribution in [3.63, 3.8) is 0 Å². The minimum absolute atomic E-state index is 0. The second kappa shape index (κ2) is 21.8. The van der Waals surface area contributed by atoms with Gasteiger partial charge in [0.1, 0.15) is 0 Å². The minimum atomic E-state index is -5.56. The average molecular weight is 485 g/mol. The van der Waals surface area contributed by atoms with Gasteiger partial charge in [0.05, 0.1) is 0 Å². The second-order valence-corrected chi connectivity index (χ2v) is 9.92. The fraction of sp³-hybridized carbons (Fsp3) is 0.667. The van der Waals surface area contributed by atoms with E-state index in [0.717, 1.165) is 18.4 Å². The van der Waals surface area contributed by atoms with Crippen LogP contribution in [0.1, 0.15) is 52.9 Å². The van der Waals surface area contributed by atoms with Gasteiger partial charge in [0, 0.05) is 18.4 Å². The van der Waals surface area contributed by atoms with Gasteiger partial charge in [-0.25, -0.2) is 0 Å². The molecule has 14 heteroatoms. The molecule has 0 aliphatic carbocycles. The maximum absolute atomic E-state index is 11.6. The van der Waals surface area contributed by atoms with Crippen LogP contribution >= 0.6 is 15.2 Å². The van der Waals surface area contributed by atoms with E-state index in [2.05, 4.69) is 11.4 Å². The zero-order chi connectivity index (χ0) is 19.7. The van der Waals surface area contributed by atoms with Crippen LogP contribution in [-0.4, -0.2) is 17.9 Å². The topological polar surface area (TPSA) is 155 Å². The van der Waals surface area contributed by atoms with Crippen molar-refractivity contribution in [1.82, 2.24) is 5.32 Å². The Kier molecular flexibility index (Phi) is 31.8. The summed E-state index contributed by atoms with van der Waals surface area (Å²) in [6, 6.07) is 0. The number of rotatable bonds is 11. The number of carbonyl (C=O) groups excluding carboxylic acids is 1. The molecule has 0 saturated heterocycles. The van der Waals surface area contributed by atoms with Crippen LogP contribution in [0.4, 0.5) is 0 Å². The van der Waals surface area contributed by atoms with E-state index in [9.17, 15) is 33.5 Å². The molecular formula is C15H25NNa4O7P2. The Morgan fingerprint density at radius 3 is 1.72 bits per heavy atom. The van der Waals surface area contributed by atoms with E-state index in [1.165, 1.54) is 5.57 Å². The van der Waals surface area contributed by atoms with Crippen LogP contribution in [0.3, 0.4) is 0 Å². The van der Waals surface area contributed by atoms with Crippen molar-refractivity contribution >= 4 is 21.1 Å². The monoisotopic (exact) mass is 485 g/mol. The van der Waals surface area contributed by atoms with Gasteiger partial charge in [-0.2, -0.15) is 0 Å². The van der Waals surface area contributed by atoms with Crippen molar-refractivity contribution in [3.8, 4) is 0 Å². The summed E-state index contributed by atoms with van der Waals surface area (Å²) in [6.45, 7) is 5.63. The van der Waals surface area contributed by atoms with Crippen LogP contribution in [0.5, 0.6) is 0 Å². The summed E-state index contributed by atoms with van der Waals surface area (Å²) in [4.78, 5) is 54.8. The first kappa shape index (κ1) is 42.4. The van der Waals surface area contributed by atoms with E-state index in [4.69, 9.17) is 0 Å². The smallest absolute Gasteiger partial charge is 0.810 e. The molecule has 1 N–H and O–H groups in total. The van der Waals surface area contributed by atoms with Gasteiger partial charge in [-0.05, 0) is 46.5 Å². The Bertz CT molecular complexity index is 579. The summed E-state index contributed by atoms with van der Waals surface area (Å²) in [7, 11) is -11.1. The molecule has 0 spiro atoms. The average Bonchev–Trinajstić information content (AvgIpc) is 2.40. The molecule has 0 aromatic rings. The molecule has 0 fully saturated rings. The number of hydrogen-bond donors (Lipinski definition) is 1. The van der Waals surface area contributed by atoms with Crippen LogP contribution in [0.2, 0.25) is 0 Å². The Morgan fingerprint density at radius 2 is 1.31 bits per heavy atom. The molecule has 8 nitrogen and oxygen atoms in total. The predicted octanol–water partition coefficient (Wildman–Crippen LogP) is -11.9. The summed E-state index contributed by atoms with van der Waals surface area (Å²) < 4.78 is 21.6. The van der Waals surface area contributed by atoms with Crippen molar-refractivity contribution in [2.24, 2.45) is 0 Å². The molecule has 146 valence electrons. The first-order valence-corrected chi connectivity index (χ1v) is 11.2. The fourth-order valence-electron chi connectivity index (χ4n) is 2.06. The van der Waals surface area contributed by atoms with Gasteiger partial charge in [-0.15, -0.1) is 0 Å². The largest absolute Gasteiger partial charge is 1.00 e. The molecule has 0 heterocycles. The molecule has 0 aliphatic heterocycles. The SMILES string of the molecule is CC(C)=CCC/C(C)=C\CCC(=O)NCCC(P(=O)([O-])[O-])P(=O)([O-])[O-].[Na+].[Na+].[Na+].[Na+]. The van der Waals surface area contributed by atoms with Gasteiger partial charge in [-0.3, -0.25) is 4.79 Å². The predicted molar refractivity (Wildman–Crippen MR) is 88.3 cm³/mol. The quantitative estimate of drug-likeness (QED) is 0.173. The third-order valence-corrected chi connectivity index (χ3v) is 7.08. The van der Waals surface area contributed by atoms with Crippen LogP contribution in [0.25, 0.3) is 0 Å².